The minimum atomic E-state index is -0.917. The van der Waals surface area contributed by atoms with Crippen LogP contribution in [0.15, 0.2) is 18.2 Å². The second-order valence-electron chi connectivity index (χ2n) is 5.61. The van der Waals surface area contributed by atoms with E-state index in [1.54, 1.807) is 4.90 Å². The summed E-state index contributed by atoms with van der Waals surface area (Å²) in [6.45, 7) is 0.828. The molecule has 1 amide bonds. The number of aliphatic carboxylic acids is 1. The van der Waals surface area contributed by atoms with Crippen LogP contribution in [0.2, 0.25) is 0 Å². The number of non-ortho nitro benzene ring substituents is 1. The third-order valence-corrected chi connectivity index (χ3v) is 3.96. The lowest BCUT2D eigenvalue weighted by Crippen LogP contribution is -2.45. The van der Waals surface area contributed by atoms with Gasteiger partial charge in [-0.05, 0) is 25.5 Å². The summed E-state index contributed by atoms with van der Waals surface area (Å²) >= 11 is 0. The molecular weight excluding hydrogens is 321 g/mol. The monoisotopic (exact) mass is 339 g/mol. The van der Waals surface area contributed by atoms with Crippen LogP contribution in [-0.4, -0.2) is 45.9 Å². The zero-order valence-electron chi connectivity index (χ0n) is 12.9. The van der Waals surface area contributed by atoms with Gasteiger partial charge < -0.3 is 10.4 Å². The molecule has 0 spiro atoms. The van der Waals surface area contributed by atoms with Crippen LogP contribution in [0.5, 0.6) is 0 Å². The lowest BCUT2D eigenvalue weighted by atomic mass is 10.0. The summed E-state index contributed by atoms with van der Waals surface area (Å²) < 4.78 is 13.6. The predicted octanol–water partition coefficient (Wildman–Crippen LogP) is 2.00. The molecule has 24 heavy (non-hydrogen) atoms. The smallest absolute Gasteiger partial charge is 0.320 e. The van der Waals surface area contributed by atoms with E-state index >= 15 is 0 Å². The fourth-order valence-corrected chi connectivity index (χ4v) is 2.72. The first kappa shape index (κ1) is 17.8. The van der Waals surface area contributed by atoms with Crippen molar-refractivity contribution in [1.82, 2.24) is 4.90 Å². The topological polar surface area (TPSA) is 113 Å². The maximum absolute atomic E-state index is 13.6. The maximum Gasteiger partial charge on any atom is 0.320 e. The minimum absolute atomic E-state index is 0.0219. The number of benzene rings is 1. The molecule has 8 nitrogen and oxygen atoms in total. The second-order valence-corrected chi connectivity index (χ2v) is 5.61. The zero-order valence-corrected chi connectivity index (χ0v) is 12.9. The number of carbonyl (C=O) groups is 2. The molecule has 0 bridgehead atoms. The van der Waals surface area contributed by atoms with Crippen molar-refractivity contribution >= 4 is 23.3 Å². The van der Waals surface area contributed by atoms with Crippen molar-refractivity contribution in [2.45, 2.75) is 31.7 Å². The first-order valence-electron chi connectivity index (χ1n) is 7.59. The maximum atomic E-state index is 13.6. The lowest BCUT2D eigenvalue weighted by molar-refractivity contribution is -0.384. The number of rotatable bonds is 6. The number of carboxylic acids is 1. The van der Waals surface area contributed by atoms with E-state index in [0.717, 1.165) is 31.0 Å². The number of carboxylic acid groups (broad SMARTS) is 1. The standard InChI is InChI=1S/C15H18FN3O5/c16-11-5-4-10(19(23)24)9-12(11)17-14(20)6-8-18-7-2-1-3-13(18)15(21)22/h4-5,9,13H,1-3,6-8H2,(H,17,20)(H,21,22). The number of nitro benzene ring substituents is 1. The quantitative estimate of drug-likeness (QED) is 0.605. The number of nitro groups is 1. The third kappa shape index (κ3) is 4.48. The van der Waals surface area contributed by atoms with Crippen LogP contribution >= 0.6 is 0 Å². The molecule has 0 aromatic heterocycles. The Bertz CT molecular complexity index is 652. The Labute approximate surface area is 137 Å². The van der Waals surface area contributed by atoms with E-state index in [0.29, 0.717) is 13.0 Å². The SMILES string of the molecule is O=C(CCN1CCCCC1C(=O)O)Nc1cc([N+](=O)[O-])ccc1F. The molecule has 1 aromatic carbocycles. The van der Waals surface area contributed by atoms with Crippen molar-refractivity contribution in [3.05, 3.63) is 34.1 Å². The zero-order chi connectivity index (χ0) is 17.7. The lowest BCUT2D eigenvalue weighted by Gasteiger charge is -2.32. The summed E-state index contributed by atoms with van der Waals surface area (Å²) in [6.07, 6.45) is 2.21. The van der Waals surface area contributed by atoms with Gasteiger partial charge >= 0.3 is 5.97 Å². The Morgan fingerprint density at radius 3 is 2.83 bits per heavy atom. The van der Waals surface area contributed by atoms with Gasteiger partial charge in [0, 0.05) is 25.1 Å². The van der Waals surface area contributed by atoms with Crippen LogP contribution < -0.4 is 5.32 Å². The number of halogens is 1. The number of hydrogen-bond acceptors (Lipinski definition) is 5. The van der Waals surface area contributed by atoms with E-state index in [9.17, 15) is 29.2 Å². The van der Waals surface area contributed by atoms with Crippen molar-refractivity contribution in [2.75, 3.05) is 18.4 Å². The molecule has 0 radical (unpaired) electrons. The van der Waals surface area contributed by atoms with Gasteiger partial charge in [-0.2, -0.15) is 0 Å². The first-order valence-corrected chi connectivity index (χ1v) is 7.59. The highest BCUT2D eigenvalue weighted by atomic mass is 19.1. The highest BCUT2D eigenvalue weighted by Crippen LogP contribution is 2.22. The average molecular weight is 339 g/mol. The van der Waals surface area contributed by atoms with Gasteiger partial charge in [-0.25, -0.2) is 4.39 Å². The molecule has 1 aromatic rings. The van der Waals surface area contributed by atoms with Gasteiger partial charge in [0.05, 0.1) is 10.6 Å². The molecule has 0 saturated carbocycles. The van der Waals surface area contributed by atoms with Gasteiger partial charge in [0.15, 0.2) is 0 Å². The van der Waals surface area contributed by atoms with Crippen LogP contribution in [0.3, 0.4) is 0 Å². The number of anilines is 1. The van der Waals surface area contributed by atoms with E-state index in [4.69, 9.17) is 0 Å². The number of amides is 1. The van der Waals surface area contributed by atoms with Crippen LogP contribution in [0, 0.1) is 15.9 Å². The fourth-order valence-electron chi connectivity index (χ4n) is 2.72. The van der Waals surface area contributed by atoms with Gasteiger partial charge in [0.1, 0.15) is 11.9 Å². The predicted molar refractivity (Wildman–Crippen MR) is 83.1 cm³/mol. The van der Waals surface area contributed by atoms with E-state index in [-0.39, 0.29) is 24.3 Å². The molecule has 1 saturated heterocycles. The highest BCUT2D eigenvalue weighted by molar-refractivity contribution is 5.91. The van der Waals surface area contributed by atoms with Gasteiger partial charge in [0.2, 0.25) is 5.91 Å². The highest BCUT2D eigenvalue weighted by Gasteiger charge is 2.28. The largest absolute Gasteiger partial charge is 0.480 e. The van der Waals surface area contributed by atoms with Crippen molar-refractivity contribution in [3.8, 4) is 0 Å². The normalized spacial score (nSPS) is 18.1. The molecule has 1 unspecified atom stereocenters. The summed E-state index contributed by atoms with van der Waals surface area (Å²) in [6, 6.07) is 2.27. The molecule has 1 aliphatic rings. The molecule has 1 heterocycles. The molecular formula is C15H18FN3O5. The molecule has 0 aliphatic carbocycles. The number of likely N-dealkylation sites (tertiary alicyclic amines) is 1. The van der Waals surface area contributed by atoms with Crippen LogP contribution in [-0.2, 0) is 9.59 Å². The second kappa shape index (κ2) is 7.82. The summed E-state index contributed by atoms with van der Waals surface area (Å²) in [7, 11) is 0. The van der Waals surface area contributed by atoms with E-state index in [2.05, 4.69) is 5.32 Å². The number of piperidine rings is 1. The van der Waals surface area contributed by atoms with Crippen LogP contribution in [0.1, 0.15) is 25.7 Å². The van der Waals surface area contributed by atoms with Gasteiger partial charge in [-0.15, -0.1) is 0 Å². The Balaban J connectivity index is 1.95. The molecule has 1 atom stereocenters. The van der Waals surface area contributed by atoms with Crippen molar-refractivity contribution in [1.29, 1.82) is 0 Å². The Morgan fingerprint density at radius 2 is 2.17 bits per heavy atom. The first-order chi connectivity index (χ1) is 11.4. The Kier molecular flexibility index (Phi) is 5.80. The minimum Gasteiger partial charge on any atom is -0.480 e. The van der Waals surface area contributed by atoms with E-state index < -0.39 is 28.7 Å². The summed E-state index contributed by atoms with van der Waals surface area (Å²) in [5, 5.41) is 22.2. The number of nitrogens with one attached hydrogen (secondary N) is 1. The molecule has 1 aliphatic heterocycles. The Hall–Kier alpha value is -2.55. The third-order valence-electron chi connectivity index (χ3n) is 3.96. The number of nitrogens with zero attached hydrogens (tertiary/aromatic N) is 2. The summed E-state index contributed by atoms with van der Waals surface area (Å²) in [4.78, 5) is 34.9. The van der Waals surface area contributed by atoms with Crippen LogP contribution in [0.25, 0.3) is 0 Å². The molecule has 2 N–H and O–H groups in total. The van der Waals surface area contributed by atoms with E-state index in [1.807, 2.05) is 0 Å². The van der Waals surface area contributed by atoms with Gasteiger partial charge in [-0.1, -0.05) is 6.42 Å². The molecule has 9 heteroatoms. The average Bonchev–Trinajstić information content (AvgIpc) is 2.55. The Morgan fingerprint density at radius 1 is 1.42 bits per heavy atom. The molecule has 130 valence electrons. The van der Waals surface area contributed by atoms with Gasteiger partial charge in [0.25, 0.3) is 5.69 Å². The van der Waals surface area contributed by atoms with Gasteiger partial charge in [-0.3, -0.25) is 24.6 Å². The number of hydrogen-bond donors (Lipinski definition) is 2. The fraction of sp³-hybridized carbons (Fsp3) is 0.467. The van der Waals surface area contributed by atoms with E-state index in [1.165, 1.54) is 0 Å². The molecule has 1 fully saturated rings. The van der Waals surface area contributed by atoms with Crippen LogP contribution in [0.4, 0.5) is 15.8 Å². The number of carbonyl (C=O) groups excluding carboxylic acids is 1. The van der Waals surface area contributed by atoms with Crippen molar-refractivity contribution < 1.29 is 24.0 Å². The van der Waals surface area contributed by atoms with Crippen molar-refractivity contribution in [2.24, 2.45) is 0 Å². The summed E-state index contributed by atoms with van der Waals surface area (Å²) in [5.41, 5.74) is -0.587. The summed E-state index contributed by atoms with van der Waals surface area (Å²) in [5.74, 6) is -2.21. The molecule has 2 rings (SSSR count). The van der Waals surface area contributed by atoms with Crippen molar-refractivity contribution in [3.63, 3.8) is 0 Å².